The van der Waals surface area contributed by atoms with Gasteiger partial charge in [0.05, 0.1) is 28.2 Å². The molecule has 184 valence electrons. The van der Waals surface area contributed by atoms with Gasteiger partial charge in [-0.05, 0) is 71.6 Å². The Labute approximate surface area is 236 Å². The van der Waals surface area contributed by atoms with E-state index in [0.717, 1.165) is 32.4 Å². The second-order valence-corrected chi connectivity index (χ2v) is 11.7. The Hall–Kier alpha value is -4.42. The molecular formula is C34H21N3S2. The fourth-order valence-electron chi connectivity index (χ4n) is 5.60. The highest BCUT2D eigenvalue weighted by molar-refractivity contribution is 8.00. The fourth-order valence-corrected chi connectivity index (χ4v) is 7.85. The zero-order valence-electron chi connectivity index (χ0n) is 20.8. The summed E-state index contributed by atoms with van der Waals surface area (Å²) in [6.45, 7) is 0. The van der Waals surface area contributed by atoms with Crippen LogP contribution in [0.25, 0.3) is 0 Å². The average molecular weight is 536 g/mol. The topological polar surface area (TPSA) is 50.8 Å². The summed E-state index contributed by atoms with van der Waals surface area (Å²) in [5.41, 5.74) is 7.55. The third-order valence-electron chi connectivity index (χ3n) is 7.37. The molecule has 0 amide bonds. The summed E-state index contributed by atoms with van der Waals surface area (Å²) < 4.78 is 0. The second-order valence-electron chi connectivity index (χ2n) is 9.56. The number of hydrogen-bond donors (Lipinski definition) is 0. The molecule has 0 aliphatic carbocycles. The first kappa shape index (κ1) is 23.7. The van der Waals surface area contributed by atoms with Crippen LogP contribution in [-0.4, -0.2) is 0 Å². The van der Waals surface area contributed by atoms with Gasteiger partial charge in [0.2, 0.25) is 0 Å². The van der Waals surface area contributed by atoms with Crippen LogP contribution >= 0.6 is 23.5 Å². The van der Waals surface area contributed by atoms with Crippen molar-refractivity contribution in [3.63, 3.8) is 0 Å². The number of anilines is 3. The zero-order valence-corrected chi connectivity index (χ0v) is 22.5. The maximum atomic E-state index is 10.0. The normalized spacial score (nSPS) is 13.3. The van der Waals surface area contributed by atoms with E-state index < -0.39 is 0 Å². The first-order valence-corrected chi connectivity index (χ1v) is 14.4. The Morgan fingerprint density at radius 2 is 1.03 bits per heavy atom. The summed E-state index contributed by atoms with van der Waals surface area (Å²) in [5.74, 6) is 0.126. The lowest BCUT2D eigenvalue weighted by Crippen LogP contribution is -2.19. The van der Waals surface area contributed by atoms with Crippen LogP contribution in [0.15, 0.2) is 129 Å². The predicted molar refractivity (Wildman–Crippen MR) is 157 cm³/mol. The van der Waals surface area contributed by atoms with E-state index >= 15 is 0 Å². The Balaban J connectivity index is 1.46. The SMILES string of the molecule is N#Cc1cc(CC2c3ccccc3Sc3ccccc32)c(N2c3ccccc3Sc3ccccc32)cc1C#N. The van der Waals surface area contributed by atoms with Crippen molar-refractivity contribution in [3.05, 3.63) is 137 Å². The minimum absolute atomic E-state index is 0.126. The number of para-hydroxylation sites is 2. The van der Waals surface area contributed by atoms with E-state index in [1.807, 2.05) is 23.9 Å². The average Bonchev–Trinajstić information content (AvgIpc) is 2.99. The number of nitriles is 2. The van der Waals surface area contributed by atoms with Crippen molar-refractivity contribution < 1.29 is 0 Å². The molecule has 2 aliphatic rings. The summed E-state index contributed by atoms with van der Waals surface area (Å²) in [5, 5.41) is 20.0. The molecule has 3 nitrogen and oxygen atoms in total. The van der Waals surface area contributed by atoms with E-state index in [9.17, 15) is 10.5 Å². The van der Waals surface area contributed by atoms with Gasteiger partial charge in [-0.25, -0.2) is 0 Å². The quantitative estimate of drug-likeness (QED) is 0.226. The lowest BCUT2D eigenvalue weighted by molar-refractivity contribution is 0.761. The third-order valence-corrected chi connectivity index (χ3v) is 9.68. The van der Waals surface area contributed by atoms with Gasteiger partial charge in [0.25, 0.3) is 0 Å². The third kappa shape index (κ3) is 3.99. The summed E-state index contributed by atoms with van der Waals surface area (Å²) >= 11 is 3.58. The van der Waals surface area contributed by atoms with Crippen LogP contribution in [-0.2, 0) is 6.42 Å². The zero-order chi connectivity index (χ0) is 26.3. The summed E-state index contributed by atoms with van der Waals surface area (Å²) in [6.07, 6.45) is 0.707. The molecule has 0 radical (unpaired) electrons. The number of hydrogen-bond acceptors (Lipinski definition) is 5. The van der Waals surface area contributed by atoms with Crippen molar-refractivity contribution >= 4 is 40.6 Å². The van der Waals surface area contributed by atoms with Gasteiger partial charge in [-0.3, -0.25) is 0 Å². The van der Waals surface area contributed by atoms with E-state index in [1.165, 1.54) is 20.9 Å². The van der Waals surface area contributed by atoms with E-state index in [1.54, 1.807) is 11.8 Å². The molecule has 7 rings (SSSR count). The molecule has 2 heterocycles. The molecule has 5 heteroatoms. The lowest BCUT2D eigenvalue weighted by Gasteiger charge is -2.35. The molecule has 0 unspecified atom stereocenters. The summed E-state index contributed by atoms with van der Waals surface area (Å²) in [6, 6.07) is 42.4. The molecule has 5 aromatic rings. The fraction of sp³-hybridized carbons (Fsp3) is 0.0588. The smallest absolute Gasteiger partial charge is 0.101 e. The maximum absolute atomic E-state index is 10.0. The standard InChI is InChI=1S/C34H21N3S2/c35-20-23-17-22(18-27-25-9-1-5-13-31(25)38-32-14-6-2-10-26(27)32)30(19-24(23)21-36)37-28-11-3-7-15-33(28)39-34-16-8-4-12-29(34)37/h1-17,19,27H,18H2. The van der Waals surface area contributed by atoms with Gasteiger partial charge in [-0.1, -0.05) is 84.2 Å². The number of nitrogens with zero attached hydrogens (tertiary/aromatic N) is 3. The van der Waals surface area contributed by atoms with Crippen LogP contribution in [0.5, 0.6) is 0 Å². The highest BCUT2D eigenvalue weighted by atomic mass is 32.2. The van der Waals surface area contributed by atoms with Crippen molar-refractivity contribution in [2.75, 3.05) is 4.90 Å². The molecule has 0 N–H and O–H groups in total. The van der Waals surface area contributed by atoms with E-state index in [0.29, 0.717) is 17.5 Å². The molecule has 2 aliphatic heterocycles. The van der Waals surface area contributed by atoms with E-state index in [4.69, 9.17) is 0 Å². The molecule has 0 saturated carbocycles. The molecule has 0 aromatic heterocycles. The van der Waals surface area contributed by atoms with Gasteiger partial charge in [0.15, 0.2) is 0 Å². The molecule has 0 atom stereocenters. The van der Waals surface area contributed by atoms with Gasteiger partial charge in [-0.2, -0.15) is 10.5 Å². The van der Waals surface area contributed by atoms with Crippen molar-refractivity contribution in [1.82, 2.24) is 0 Å². The first-order chi connectivity index (χ1) is 19.2. The van der Waals surface area contributed by atoms with Crippen molar-refractivity contribution in [3.8, 4) is 12.1 Å². The molecule has 5 aromatic carbocycles. The molecule has 0 bridgehead atoms. The number of benzene rings is 5. The van der Waals surface area contributed by atoms with Crippen molar-refractivity contribution in [2.24, 2.45) is 0 Å². The first-order valence-electron chi connectivity index (χ1n) is 12.7. The molecule has 0 saturated heterocycles. The Morgan fingerprint density at radius 3 is 1.59 bits per heavy atom. The summed E-state index contributed by atoms with van der Waals surface area (Å²) in [7, 11) is 0. The number of rotatable bonds is 3. The molecule has 0 spiro atoms. The van der Waals surface area contributed by atoms with Gasteiger partial charge < -0.3 is 4.90 Å². The van der Waals surface area contributed by atoms with Gasteiger partial charge in [0.1, 0.15) is 12.1 Å². The Kier molecular flexibility index (Phi) is 5.90. The number of fused-ring (bicyclic) bond motifs is 4. The lowest BCUT2D eigenvalue weighted by atomic mass is 9.84. The monoisotopic (exact) mass is 535 g/mol. The van der Waals surface area contributed by atoms with Gasteiger partial charge in [0, 0.05) is 25.5 Å². The highest BCUT2D eigenvalue weighted by Crippen LogP contribution is 2.53. The van der Waals surface area contributed by atoms with Crippen molar-refractivity contribution in [2.45, 2.75) is 31.9 Å². The minimum Gasteiger partial charge on any atom is -0.308 e. The van der Waals surface area contributed by atoms with Crippen LogP contribution in [0.1, 0.15) is 33.7 Å². The van der Waals surface area contributed by atoms with Crippen LogP contribution in [0, 0.1) is 22.7 Å². The van der Waals surface area contributed by atoms with E-state index in [2.05, 4.69) is 114 Å². The van der Waals surface area contributed by atoms with Gasteiger partial charge >= 0.3 is 0 Å². The highest BCUT2D eigenvalue weighted by Gasteiger charge is 2.31. The van der Waals surface area contributed by atoms with Gasteiger partial charge in [-0.15, -0.1) is 0 Å². The Bertz CT molecular complexity index is 1760. The van der Waals surface area contributed by atoms with Crippen LogP contribution in [0.3, 0.4) is 0 Å². The van der Waals surface area contributed by atoms with Crippen LogP contribution in [0.2, 0.25) is 0 Å². The largest absolute Gasteiger partial charge is 0.308 e. The van der Waals surface area contributed by atoms with Crippen molar-refractivity contribution in [1.29, 1.82) is 10.5 Å². The molecule has 39 heavy (non-hydrogen) atoms. The maximum Gasteiger partial charge on any atom is 0.101 e. The molecule has 0 fully saturated rings. The van der Waals surface area contributed by atoms with E-state index in [-0.39, 0.29) is 5.92 Å². The Morgan fingerprint density at radius 1 is 0.564 bits per heavy atom. The minimum atomic E-state index is 0.126. The van der Waals surface area contributed by atoms with Crippen LogP contribution < -0.4 is 4.90 Å². The molecular weight excluding hydrogens is 515 g/mol. The predicted octanol–water partition coefficient (Wildman–Crippen LogP) is 9.20. The summed E-state index contributed by atoms with van der Waals surface area (Å²) in [4.78, 5) is 7.13. The van der Waals surface area contributed by atoms with Crippen LogP contribution in [0.4, 0.5) is 17.1 Å². The second kappa shape index (κ2) is 9.71.